The van der Waals surface area contributed by atoms with Crippen LogP contribution in [0.5, 0.6) is 0 Å². The van der Waals surface area contributed by atoms with Crippen LogP contribution in [-0.4, -0.2) is 28.3 Å². The maximum atomic E-state index is 11.9. The number of carbonyl (C=O) groups is 1. The van der Waals surface area contributed by atoms with E-state index in [1.807, 2.05) is 38.4 Å². The third-order valence-corrected chi connectivity index (χ3v) is 4.87. The minimum atomic E-state index is -4.49. The molecule has 9 heteroatoms. The zero-order chi connectivity index (χ0) is 24.7. The van der Waals surface area contributed by atoms with Gasteiger partial charge in [-0.2, -0.15) is 13.2 Å². The highest BCUT2D eigenvalue weighted by atomic mass is 19.4. The number of aldehydes is 1. The number of carbonyl (C=O) groups excluding carboxylic acids is 1. The minimum absolute atomic E-state index is 0.0303. The third kappa shape index (κ3) is 6.16. The lowest BCUT2D eigenvalue weighted by Gasteiger charge is -2.10. The third-order valence-electron chi connectivity index (χ3n) is 4.87. The van der Waals surface area contributed by atoms with Gasteiger partial charge in [-0.15, -0.1) is 0 Å². The summed E-state index contributed by atoms with van der Waals surface area (Å²) < 4.78 is 35.8. The summed E-state index contributed by atoms with van der Waals surface area (Å²) in [6, 6.07) is 16.2. The first-order valence-electron chi connectivity index (χ1n) is 10.2. The van der Waals surface area contributed by atoms with Crippen molar-refractivity contribution >= 4 is 17.8 Å². The van der Waals surface area contributed by atoms with E-state index in [9.17, 15) is 18.0 Å². The molecule has 4 rings (SSSR count). The van der Waals surface area contributed by atoms with E-state index in [4.69, 9.17) is 5.73 Å². The van der Waals surface area contributed by atoms with Crippen LogP contribution in [0.4, 0.5) is 24.7 Å². The van der Waals surface area contributed by atoms with Gasteiger partial charge in [-0.05, 0) is 60.0 Å². The van der Waals surface area contributed by atoms with Crippen LogP contribution >= 0.6 is 0 Å². The van der Waals surface area contributed by atoms with Gasteiger partial charge < -0.3 is 11.1 Å². The van der Waals surface area contributed by atoms with Crippen molar-refractivity contribution in [1.29, 1.82) is 0 Å². The molecule has 0 radical (unpaired) electrons. The first-order valence-corrected chi connectivity index (χ1v) is 10.2. The number of nitrogens with zero attached hydrogens (tertiary/aromatic N) is 3. The molecule has 0 amide bonds. The van der Waals surface area contributed by atoms with E-state index in [1.54, 1.807) is 6.20 Å². The van der Waals surface area contributed by atoms with Crippen molar-refractivity contribution in [3.8, 4) is 22.3 Å². The Kier molecular flexibility index (Phi) is 7.57. The Morgan fingerprint density at radius 2 is 1.62 bits per heavy atom. The standard InChI is InChI=1S/C18H18N4.C7H4F3NO/c1-12-17(10-16(20-2)11-22-12)15-5-3-4-13(8-15)14-6-7-21-18(19)9-14;8-7(9,10)6-3-5(4-12)1-2-11-6/h3-11,20H,1-2H3,(H2,19,21);1-4H. The van der Waals surface area contributed by atoms with Crippen LogP contribution in [0.15, 0.2) is 73.2 Å². The molecule has 0 saturated carbocycles. The fourth-order valence-corrected chi connectivity index (χ4v) is 3.13. The van der Waals surface area contributed by atoms with Gasteiger partial charge in [-0.3, -0.25) is 14.8 Å². The molecule has 1 aromatic carbocycles. The average molecular weight is 465 g/mol. The van der Waals surface area contributed by atoms with E-state index in [-0.39, 0.29) is 5.56 Å². The van der Waals surface area contributed by atoms with E-state index >= 15 is 0 Å². The Balaban J connectivity index is 0.000000229. The number of nitrogens with one attached hydrogen (secondary N) is 1. The molecule has 3 heterocycles. The molecule has 0 aliphatic carbocycles. The molecule has 0 bridgehead atoms. The molecule has 174 valence electrons. The van der Waals surface area contributed by atoms with Gasteiger partial charge in [0.05, 0.1) is 11.9 Å². The van der Waals surface area contributed by atoms with Crippen molar-refractivity contribution in [2.45, 2.75) is 13.1 Å². The Labute approximate surface area is 194 Å². The van der Waals surface area contributed by atoms with Gasteiger partial charge in [-0.25, -0.2) is 4.98 Å². The molecule has 0 aliphatic rings. The first-order chi connectivity index (χ1) is 16.2. The second-order valence-electron chi connectivity index (χ2n) is 7.25. The number of aromatic nitrogens is 3. The van der Waals surface area contributed by atoms with Crippen molar-refractivity contribution in [2.24, 2.45) is 0 Å². The molecule has 0 unspecified atom stereocenters. The number of nitrogens with two attached hydrogens (primary N) is 1. The number of benzene rings is 1. The lowest BCUT2D eigenvalue weighted by Crippen LogP contribution is -2.07. The lowest BCUT2D eigenvalue weighted by molar-refractivity contribution is -0.141. The van der Waals surface area contributed by atoms with Gasteiger partial charge in [0, 0.05) is 36.3 Å². The monoisotopic (exact) mass is 465 g/mol. The number of anilines is 2. The molecule has 0 atom stereocenters. The summed E-state index contributed by atoms with van der Waals surface area (Å²) in [6.07, 6.45) is 0.376. The van der Waals surface area contributed by atoms with Crippen LogP contribution in [0, 0.1) is 6.92 Å². The fourth-order valence-electron chi connectivity index (χ4n) is 3.13. The number of rotatable bonds is 4. The largest absolute Gasteiger partial charge is 0.433 e. The Bertz CT molecular complexity index is 1290. The van der Waals surface area contributed by atoms with Crippen molar-refractivity contribution in [1.82, 2.24) is 15.0 Å². The zero-order valence-electron chi connectivity index (χ0n) is 18.5. The molecule has 34 heavy (non-hydrogen) atoms. The molecule has 0 aliphatic heterocycles. The Morgan fingerprint density at radius 1 is 0.912 bits per heavy atom. The number of hydrogen-bond acceptors (Lipinski definition) is 6. The normalized spacial score (nSPS) is 10.7. The number of pyridine rings is 3. The topological polar surface area (TPSA) is 93.8 Å². The summed E-state index contributed by atoms with van der Waals surface area (Å²) >= 11 is 0. The number of hydrogen-bond donors (Lipinski definition) is 2. The SMILES string of the molecule is CNc1cnc(C)c(-c2cccc(-c3ccnc(N)c3)c2)c1.O=Cc1ccnc(C(F)(F)F)c1. The van der Waals surface area contributed by atoms with Gasteiger partial charge in [0.25, 0.3) is 0 Å². The van der Waals surface area contributed by atoms with E-state index in [0.29, 0.717) is 18.2 Å². The molecule has 0 saturated heterocycles. The minimum Gasteiger partial charge on any atom is -0.387 e. The van der Waals surface area contributed by atoms with Crippen LogP contribution in [0.25, 0.3) is 22.3 Å². The Hall–Kier alpha value is -4.27. The van der Waals surface area contributed by atoms with Crippen molar-refractivity contribution < 1.29 is 18.0 Å². The fraction of sp³-hybridized carbons (Fsp3) is 0.120. The predicted molar refractivity (Wildman–Crippen MR) is 126 cm³/mol. The number of alkyl halides is 3. The van der Waals surface area contributed by atoms with Crippen molar-refractivity contribution in [3.63, 3.8) is 0 Å². The quantitative estimate of drug-likeness (QED) is 0.378. The van der Waals surface area contributed by atoms with Crippen LogP contribution < -0.4 is 11.1 Å². The molecule has 0 fully saturated rings. The summed E-state index contributed by atoms with van der Waals surface area (Å²) in [7, 11) is 1.90. The van der Waals surface area contributed by atoms with E-state index in [0.717, 1.165) is 39.8 Å². The summed E-state index contributed by atoms with van der Waals surface area (Å²) in [6.45, 7) is 2.02. The van der Waals surface area contributed by atoms with Crippen molar-refractivity contribution in [2.75, 3.05) is 18.1 Å². The number of nitrogen functional groups attached to an aromatic ring is 1. The maximum absolute atomic E-state index is 11.9. The summed E-state index contributed by atoms with van der Waals surface area (Å²) in [5.74, 6) is 0.526. The predicted octanol–water partition coefficient (Wildman–Crippen LogP) is 5.66. The smallest absolute Gasteiger partial charge is 0.387 e. The van der Waals surface area contributed by atoms with E-state index < -0.39 is 11.9 Å². The second-order valence-corrected chi connectivity index (χ2v) is 7.25. The first kappa shape index (κ1) is 24.4. The highest BCUT2D eigenvalue weighted by Gasteiger charge is 2.32. The van der Waals surface area contributed by atoms with Crippen LogP contribution in [0.1, 0.15) is 21.7 Å². The molecular weight excluding hydrogens is 443 g/mol. The maximum Gasteiger partial charge on any atom is 0.433 e. The molecule has 4 aromatic rings. The van der Waals surface area contributed by atoms with Gasteiger partial charge in [0.2, 0.25) is 0 Å². The summed E-state index contributed by atoms with van der Waals surface area (Å²) in [5, 5.41) is 3.13. The lowest BCUT2D eigenvalue weighted by atomic mass is 9.98. The van der Waals surface area contributed by atoms with Gasteiger partial charge >= 0.3 is 6.18 Å². The van der Waals surface area contributed by atoms with E-state index in [2.05, 4.69) is 44.5 Å². The summed E-state index contributed by atoms with van der Waals surface area (Å²) in [4.78, 5) is 21.7. The zero-order valence-corrected chi connectivity index (χ0v) is 18.5. The molecule has 0 spiro atoms. The van der Waals surface area contributed by atoms with Gasteiger partial charge in [0.15, 0.2) is 0 Å². The second kappa shape index (κ2) is 10.6. The number of aryl methyl sites for hydroxylation is 1. The molecule has 3 N–H and O–H groups in total. The molecular formula is C25H22F3N5O. The van der Waals surface area contributed by atoms with Crippen molar-refractivity contribution in [3.05, 3.63) is 90.1 Å². The van der Waals surface area contributed by atoms with Crippen LogP contribution in [0.3, 0.4) is 0 Å². The highest BCUT2D eigenvalue weighted by molar-refractivity contribution is 5.76. The Morgan fingerprint density at radius 3 is 2.29 bits per heavy atom. The van der Waals surface area contributed by atoms with E-state index in [1.165, 1.54) is 6.07 Å². The summed E-state index contributed by atoms with van der Waals surface area (Å²) in [5.41, 5.74) is 11.1. The highest BCUT2D eigenvalue weighted by Crippen LogP contribution is 2.30. The molecule has 6 nitrogen and oxygen atoms in total. The average Bonchev–Trinajstić information content (AvgIpc) is 2.84. The van der Waals surface area contributed by atoms with Crippen LogP contribution in [-0.2, 0) is 6.18 Å². The molecule has 3 aromatic heterocycles. The van der Waals surface area contributed by atoms with Gasteiger partial charge in [0.1, 0.15) is 17.8 Å². The van der Waals surface area contributed by atoms with Crippen LogP contribution in [0.2, 0.25) is 0 Å². The number of halogens is 3. The van der Waals surface area contributed by atoms with Gasteiger partial charge in [-0.1, -0.05) is 18.2 Å².